The molecule has 0 saturated heterocycles. The molecule has 90 valence electrons. The fourth-order valence-electron chi connectivity index (χ4n) is 2.46. The lowest BCUT2D eigenvalue weighted by atomic mass is 10.2. The molecule has 1 saturated carbocycles. The van der Waals surface area contributed by atoms with E-state index in [4.69, 9.17) is 17.3 Å². The Hall–Kier alpha value is -0.0900. The summed E-state index contributed by atoms with van der Waals surface area (Å²) in [5.74, 6) is 0. The van der Waals surface area contributed by atoms with Crippen LogP contribution in [0.15, 0.2) is 12.1 Å². The first kappa shape index (κ1) is 12.4. The van der Waals surface area contributed by atoms with Gasteiger partial charge in [-0.3, -0.25) is 4.90 Å². The predicted octanol–water partition coefficient (Wildman–Crippen LogP) is 3.10. The molecule has 1 fully saturated rings. The first-order chi connectivity index (χ1) is 7.79. The molecule has 0 aliphatic heterocycles. The smallest absolute Gasteiger partial charge is 0.0931 e. The third-order valence-electron chi connectivity index (χ3n) is 3.25. The van der Waals surface area contributed by atoms with Crippen LogP contribution in [-0.2, 0) is 6.54 Å². The van der Waals surface area contributed by atoms with E-state index in [1.54, 1.807) is 11.3 Å². The van der Waals surface area contributed by atoms with E-state index in [2.05, 4.69) is 11.0 Å². The van der Waals surface area contributed by atoms with Crippen LogP contribution < -0.4 is 5.73 Å². The summed E-state index contributed by atoms with van der Waals surface area (Å²) >= 11 is 7.64. The fourth-order valence-corrected chi connectivity index (χ4v) is 3.58. The van der Waals surface area contributed by atoms with Crippen LogP contribution in [0.25, 0.3) is 0 Å². The van der Waals surface area contributed by atoms with Crippen LogP contribution in [0, 0.1) is 0 Å². The van der Waals surface area contributed by atoms with E-state index < -0.39 is 0 Å². The quantitative estimate of drug-likeness (QED) is 0.879. The molecule has 2 rings (SSSR count). The van der Waals surface area contributed by atoms with Crippen molar-refractivity contribution in [3.05, 3.63) is 21.3 Å². The maximum atomic E-state index is 5.96. The Bertz CT molecular complexity index is 321. The highest BCUT2D eigenvalue weighted by molar-refractivity contribution is 7.16. The molecular weight excluding hydrogens is 240 g/mol. The highest BCUT2D eigenvalue weighted by Crippen LogP contribution is 2.27. The van der Waals surface area contributed by atoms with Gasteiger partial charge in [0.05, 0.1) is 4.34 Å². The van der Waals surface area contributed by atoms with E-state index in [0.29, 0.717) is 0 Å². The SMILES string of the molecule is NCCN(Cc1ccc(Cl)s1)C1CCCC1. The van der Waals surface area contributed by atoms with Crippen molar-refractivity contribution in [3.8, 4) is 0 Å². The molecule has 16 heavy (non-hydrogen) atoms. The summed E-state index contributed by atoms with van der Waals surface area (Å²) in [5, 5.41) is 0. The molecule has 0 spiro atoms. The molecule has 2 nitrogen and oxygen atoms in total. The van der Waals surface area contributed by atoms with Crippen molar-refractivity contribution in [1.82, 2.24) is 4.90 Å². The van der Waals surface area contributed by atoms with Crippen LogP contribution in [0.2, 0.25) is 4.34 Å². The number of hydrogen-bond acceptors (Lipinski definition) is 3. The summed E-state index contributed by atoms with van der Waals surface area (Å²) in [6, 6.07) is 4.85. The summed E-state index contributed by atoms with van der Waals surface area (Å²) in [5.41, 5.74) is 5.69. The maximum Gasteiger partial charge on any atom is 0.0931 e. The van der Waals surface area contributed by atoms with Gasteiger partial charge in [0.25, 0.3) is 0 Å². The van der Waals surface area contributed by atoms with Gasteiger partial charge >= 0.3 is 0 Å². The van der Waals surface area contributed by atoms with Gasteiger partial charge in [0.15, 0.2) is 0 Å². The number of hydrogen-bond donors (Lipinski definition) is 1. The van der Waals surface area contributed by atoms with Gasteiger partial charge in [-0.2, -0.15) is 0 Å². The lowest BCUT2D eigenvalue weighted by Crippen LogP contribution is -2.36. The van der Waals surface area contributed by atoms with Crippen molar-refractivity contribution in [2.75, 3.05) is 13.1 Å². The Morgan fingerprint density at radius 2 is 2.12 bits per heavy atom. The van der Waals surface area contributed by atoms with Crippen molar-refractivity contribution < 1.29 is 0 Å². The van der Waals surface area contributed by atoms with E-state index in [1.807, 2.05) is 6.07 Å². The van der Waals surface area contributed by atoms with Crippen LogP contribution in [0.4, 0.5) is 0 Å². The van der Waals surface area contributed by atoms with E-state index >= 15 is 0 Å². The lowest BCUT2D eigenvalue weighted by Gasteiger charge is -2.27. The highest BCUT2D eigenvalue weighted by atomic mass is 35.5. The molecule has 4 heteroatoms. The van der Waals surface area contributed by atoms with Crippen LogP contribution >= 0.6 is 22.9 Å². The van der Waals surface area contributed by atoms with Crippen molar-refractivity contribution in [2.24, 2.45) is 5.73 Å². The van der Waals surface area contributed by atoms with Gasteiger partial charge in [-0.25, -0.2) is 0 Å². The summed E-state index contributed by atoms with van der Waals surface area (Å²) in [6.45, 7) is 2.76. The molecule has 0 aromatic carbocycles. The molecule has 0 unspecified atom stereocenters. The molecule has 1 aromatic rings. The van der Waals surface area contributed by atoms with Crippen molar-refractivity contribution >= 4 is 22.9 Å². The number of rotatable bonds is 5. The number of nitrogens with two attached hydrogens (primary N) is 1. The van der Waals surface area contributed by atoms with Gasteiger partial charge in [0, 0.05) is 30.6 Å². The zero-order chi connectivity index (χ0) is 11.4. The first-order valence-corrected chi connectivity index (χ1v) is 7.17. The maximum absolute atomic E-state index is 5.96. The molecule has 1 heterocycles. The normalized spacial score (nSPS) is 17.4. The summed E-state index contributed by atoms with van der Waals surface area (Å²) < 4.78 is 0.883. The largest absolute Gasteiger partial charge is 0.329 e. The van der Waals surface area contributed by atoms with Gasteiger partial charge in [-0.1, -0.05) is 24.4 Å². The molecule has 0 amide bonds. The van der Waals surface area contributed by atoms with E-state index in [9.17, 15) is 0 Å². The van der Waals surface area contributed by atoms with Crippen molar-refractivity contribution in [2.45, 2.75) is 38.3 Å². The minimum Gasteiger partial charge on any atom is -0.329 e. The zero-order valence-corrected chi connectivity index (χ0v) is 11.1. The van der Waals surface area contributed by atoms with Crippen LogP contribution in [0.3, 0.4) is 0 Å². The van der Waals surface area contributed by atoms with Gasteiger partial charge in [-0.05, 0) is 25.0 Å². The van der Waals surface area contributed by atoms with E-state index in [0.717, 1.165) is 30.0 Å². The molecule has 0 atom stereocenters. The van der Waals surface area contributed by atoms with E-state index in [1.165, 1.54) is 30.6 Å². The average molecular weight is 259 g/mol. The second-order valence-electron chi connectivity index (χ2n) is 4.40. The van der Waals surface area contributed by atoms with Crippen molar-refractivity contribution in [3.63, 3.8) is 0 Å². The number of nitrogens with zero attached hydrogens (tertiary/aromatic N) is 1. The third-order valence-corrected chi connectivity index (χ3v) is 4.46. The monoisotopic (exact) mass is 258 g/mol. The van der Waals surface area contributed by atoms with Crippen LogP contribution in [0.5, 0.6) is 0 Å². The van der Waals surface area contributed by atoms with Gasteiger partial charge in [-0.15, -0.1) is 11.3 Å². The predicted molar refractivity (Wildman–Crippen MR) is 71.0 cm³/mol. The number of thiophene rings is 1. The second kappa shape index (κ2) is 6.01. The summed E-state index contributed by atoms with van der Waals surface area (Å²) in [7, 11) is 0. The summed E-state index contributed by atoms with van der Waals surface area (Å²) in [4.78, 5) is 3.88. The molecule has 1 aliphatic rings. The van der Waals surface area contributed by atoms with Gasteiger partial charge in [0.2, 0.25) is 0 Å². The van der Waals surface area contributed by atoms with Crippen LogP contribution in [0.1, 0.15) is 30.6 Å². The standard InChI is InChI=1S/C12H19ClN2S/c13-12-6-5-11(16-12)9-15(8-7-14)10-3-1-2-4-10/h5-6,10H,1-4,7-9,14H2. The Kier molecular flexibility index (Phi) is 4.65. The van der Waals surface area contributed by atoms with Gasteiger partial charge in [0.1, 0.15) is 0 Å². The molecule has 1 aliphatic carbocycles. The first-order valence-electron chi connectivity index (χ1n) is 5.98. The molecule has 2 N–H and O–H groups in total. The Labute approximate surface area is 106 Å². The second-order valence-corrected chi connectivity index (χ2v) is 6.20. The Morgan fingerprint density at radius 3 is 2.69 bits per heavy atom. The molecule has 0 bridgehead atoms. The minimum absolute atomic E-state index is 0.740. The third kappa shape index (κ3) is 3.20. The van der Waals surface area contributed by atoms with E-state index in [-0.39, 0.29) is 0 Å². The Balaban J connectivity index is 1.96. The topological polar surface area (TPSA) is 29.3 Å². The average Bonchev–Trinajstić information content (AvgIpc) is 2.88. The highest BCUT2D eigenvalue weighted by Gasteiger charge is 2.22. The van der Waals surface area contributed by atoms with Crippen LogP contribution in [-0.4, -0.2) is 24.0 Å². The fraction of sp³-hybridized carbons (Fsp3) is 0.667. The number of halogens is 1. The molecule has 0 radical (unpaired) electrons. The van der Waals surface area contributed by atoms with Crippen molar-refractivity contribution in [1.29, 1.82) is 0 Å². The van der Waals surface area contributed by atoms with Gasteiger partial charge < -0.3 is 5.73 Å². The Morgan fingerprint density at radius 1 is 1.38 bits per heavy atom. The minimum atomic E-state index is 0.740. The molecule has 1 aromatic heterocycles. The zero-order valence-electron chi connectivity index (χ0n) is 9.49. The molecular formula is C12H19ClN2S. The lowest BCUT2D eigenvalue weighted by molar-refractivity contribution is 0.197. The summed E-state index contributed by atoms with van der Waals surface area (Å²) in [6.07, 6.45) is 5.41.